The van der Waals surface area contributed by atoms with E-state index in [2.05, 4.69) is 5.32 Å². The lowest BCUT2D eigenvalue weighted by molar-refractivity contribution is -0.173. The third-order valence-corrected chi connectivity index (χ3v) is 8.82. The number of benzene rings is 2. The van der Waals surface area contributed by atoms with Gasteiger partial charge in [0.05, 0.1) is 37.0 Å². The maximum atomic E-state index is 14.1. The molecule has 0 aromatic heterocycles. The van der Waals surface area contributed by atoms with Crippen molar-refractivity contribution < 1.29 is 31.8 Å². The third kappa shape index (κ3) is 5.55. The standard InChI is InChI=1S/C24H24Cl2FN3O6S/c1-2-35-22(31)24(14-34-15-24)29-10-23(13-36-18-5-3-16(9-28)20(27)8-18)11-30(12-23)37(32,33)21-6-4-17(25)7-19(21)26/h3-8,29H,2,10-15H2,1H3. The number of carbonyl (C=O) groups excluding carboxylic acids is 1. The molecular formula is C24H24Cl2FN3O6S. The zero-order valence-corrected chi connectivity index (χ0v) is 22.1. The Morgan fingerprint density at radius 2 is 1.97 bits per heavy atom. The van der Waals surface area contributed by atoms with Crippen molar-refractivity contribution in [3.63, 3.8) is 0 Å². The summed E-state index contributed by atoms with van der Waals surface area (Å²) >= 11 is 12.1. The highest BCUT2D eigenvalue weighted by atomic mass is 35.5. The van der Waals surface area contributed by atoms with E-state index in [9.17, 15) is 17.6 Å². The summed E-state index contributed by atoms with van der Waals surface area (Å²) in [6.07, 6.45) is 0. The van der Waals surface area contributed by atoms with E-state index in [1.165, 1.54) is 34.6 Å². The van der Waals surface area contributed by atoms with Crippen LogP contribution in [0.1, 0.15) is 12.5 Å². The number of carbonyl (C=O) groups is 1. The van der Waals surface area contributed by atoms with Crippen molar-refractivity contribution in [1.29, 1.82) is 5.26 Å². The number of nitrogens with one attached hydrogen (secondary N) is 1. The van der Waals surface area contributed by atoms with E-state index in [0.717, 1.165) is 6.07 Å². The van der Waals surface area contributed by atoms with Crippen LogP contribution in [0.3, 0.4) is 0 Å². The largest absolute Gasteiger partial charge is 0.493 e. The van der Waals surface area contributed by atoms with Crippen LogP contribution in [0.5, 0.6) is 5.75 Å². The second kappa shape index (κ2) is 10.7. The predicted octanol–water partition coefficient (Wildman–Crippen LogP) is 3.00. The molecule has 0 saturated carbocycles. The number of nitrogens with zero attached hydrogens (tertiary/aromatic N) is 2. The van der Waals surface area contributed by atoms with Crippen LogP contribution < -0.4 is 10.1 Å². The molecule has 0 aliphatic carbocycles. The van der Waals surface area contributed by atoms with Crippen LogP contribution in [-0.2, 0) is 24.3 Å². The summed E-state index contributed by atoms with van der Waals surface area (Å²) in [6.45, 7) is 2.42. The highest BCUT2D eigenvalue weighted by Gasteiger charge is 2.53. The summed E-state index contributed by atoms with van der Waals surface area (Å²) < 4.78 is 58.1. The fourth-order valence-corrected chi connectivity index (χ4v) is 6.50. The normalized spacial score (nSPS) is 18.2. The van der Waals surface area contributed by atoms with E-state index in [1.807, 2.05) is 0 Å². The van der Waals surface area contributed by atoms with Gasteiger partial charge in [-0.05, 0) is 37.3 Å². The zero-order chi connectivity index (χ0) is 26.8. The number of rotatable bonds is 10. The summed E-state index contributed by atoms with van der Waals surface area (Å²) in [7, 11) is -3.94. The first-order valence-corrected chi connectivity index (χ1v) is 13.5. The molecule has 2 fully saturated rings. The molecule has 0 radical (unpaired) electrons. The molecule has 13 heteroatoms. The highest BCUT2D eigenvalue weighted by molar-refractivity contribution is 7.89. The molecule has 2 heterocycles. The molecule has 9 nitrogen and oxygen atoms in total. The number of esters is 1. The van der Waals surface area contributed by atoms with Crippen molar-refractivity contribution >= 4 is 39.2 Å². The lowest BCUT2D eigenvalue weighted by atomic mass is 9.81. The molecule has 198 valence electrons. The maximum Gasteiger partial charge on any atom is 0.331 e. The number of nitriles is 1. The summed E-state index contributed by atoms with van der Waals surface area (Å²) in [4.78, 5) is 12.4. The van der Waals surface area contributed by atoms with Crippen LogP contribution in [0.25, 0.3) is 0 Å². The minimum Gasteiger partial charge on any atom is -0.493 e. The van der Waals surface area contributed by atoms with Gasteiger partial charge in [0.25, 0.3) is 0 Å². The Labute approximate surface area is 224 Å². The minimum absolute atomic E-state index is 0.000290. The van der Waals surface area contributed by atoms with Gasteiger partial charge in [-0.25, -0.2) is 17.6 Å². The van der Waals surface area contributed by atoms with Gasteiger partial charge in [-0.3, -0.25) is 5.32 Å². The molecule has 0 amide bonds. The Hall–Kier alpha value is -2.46. The molecule has 4 rings (SSSR count). The minimum atomic E-state index is -3.94. The van der Waals surface area contributed by atoms with Gasteiger partial charge in [-0.1, -0.05) is 23.2 Å². The van der Waals surface area contributed by atoms with E-state index in [4.69, 9.17) is 42.7 Å². The number of hydrogen-bond acceptors (Lipinski definition) is 8. The molecule has 2 aliphatic rings. The van der Waals surface area contributed by atoms with Crippen molar-refractivity contribution in [2.45, 2.75) is 17.4 Å². The third-order valence-electron chi connectivity index (χ3n) is 6.31. The Balaban J connectivity index is 1.53. The quantitative estimate of drug-likeness (QED) is 0.432. The van der Waals surface area contributed by atoms with Crippen molar-refractivity contribution in [2.24, 2.45) is 5.41 Å². The first-order chi connectivity index (χ1) is 17.5. The fourth-order valence-electron chi connectivity index (χ4n) is 4.09. The topological polar surface area (TPSA) is 118 Å². The van der Waals surface area contributed by atoms with Crippen LogP contribution in [0.4, 0.5) is 4.39 Å². The Kier molecular flexibility index (Phi) is 7.99. The number of sulfonamides is 1. The van der Waals surface area contributed by atoms with Gasteiger partial charge in [-0.2, -0.15) is 9.57 Å². The first kappa shape index (κ1) is 27.6. The monoisotopic (exact) mass is 571 g/mol. The lowest BCUT2D eigenvalue weighted by Gasteiger charge is -2.51. The summed E-state index contributed by atoms with van der Waals surface area (Å²) in [5.74, 6) is -0.997. The second-order valence-corrected chi connectivity index (χ2v) is 11.8. The highest BCUT2D eigenvalue weighted by Crippen LogP contribution is 2.38. The Morgan fingerprint density at radius 1 is 1.24 bits per heavy atom. The van der Waals surface area contributed by atoms with Crippen molar-refractivity contribution in [3.8, 4) is 11.8 Å². The van der Waals surface area contributed by atoms with Gasteiger partial charge in [0, 0.05) is 36.1 Å². The molecule has 0 unspecified atom stereocenters. The van der Waals surface area contributed by atoms with Crippen LogP contribution in [0.2, 0.25) is 10.0 Å². The van der Waals surface area contributed by atoms with Gasteiger partial charge in [0.1, 0.15) is 22.5 Å². The number of ether oxygens (including phenoxy) is 3. The summed E-state index contributed by atoms with van der Waals surface area (Å²) in [5.41, 5.74) is -1.93. The van der Waals surface area contributed by atoms with E-state index < -0.39 is 32.8 Å². The SMILES string of the molecule is CCOC(=O)C1(NCC2(COc3ccc(C#N)c(F)c3)CN(S(=O)(=O)c3ccc(Cl)cc3Cl)C2)COC1. The lowest BCUT2D eigenvalue weighted by Crippen LogP contribution is -2.71. The average molecular weight is 572 g/mol. The average Bonchev–Trinajstić information content (AvgIpc) is 2.79. The van der Waals surface area contributed by atoms with E-state index >= 15 is 0 Å². The molecule has 0 bridgehead atoms. The van der Waals surface area contributed by atoms with Gasteiger partial charge in [0.2, 0.25) is 10.0 Å². The predicted molar refractivity (Wildman–Crippen MR) is 132 cm³/mol. The second-order valence-electron chi connectivity index (χ2n) is 9.04. The van der Waals surface area contributed by atoms with Gasteiger partial charge in [0.15, 0.2) is 5.54 Å². The molecule has 0 atom stereocenters. The summed E-state index contributed by atoms with van der Waals surface area (Å²) in [5, 5.41) is 12.4. The number of halogens is 3. The molecule has 37 heavy (non-hydrogen) atoms. The van der Waals surface area contributed by atoms with Crippen molar-refractivity contribution in [1.82, 2.24) is 9.62 Å². The first-order valence-electron chi connectivity index (χ1n) is 11.3. The molecule has 2 aromatic carbocycles. The van der Waals surface area contributed by atoms with Gasteiger partial charge in [-0.15, -0.1) is 0 Å². The maximum absolute atomic E-state index is 14.1. The van der Waals surface area contributed by atoms with Crippen LogP contribution in [0, 0.1) is 22.6 Å². The molecule has 0 spiro atoms. The van der Waals surface area contributed by atoms with Crippen molar-refractivity contribution in [3.05, 3.63) is 57.8 Å². The molecule has 1 N–H and O–H groups in total. The smallest absolute Gasteiger partial charge is 0.331 e. The molecule has 2 saturated heterocycles. The van der Waals surface area contributed by atoms with Crippen LogP contribution in [-0.4, -0.2) is 70.3 Å². The molecular weight excluding hydrogens is 548 g/mol. The van der Waals surface area contributed by atoms with Crippen LogP contribution in [0.15, 0.2) is 41.3 Å². The Bertz CT molecular complexity index is 1340. The summed E-state index contributed by atoms with van der Waals surface area (Å²) in [6, 6.07) is 9.75. The molecule has 2 aromatic rings. The zero-order valence-electron chi connectivity index (χ0n) is 19.8. The van der Waals surface area contributed by atoms with E-state index in [-0.39, 0.29) is 67.3 Å². The fraction of sp³-hybridized carbons (Fsp3) is 0.417. The van der Waals surface area contributed by atoms with Crippen LogP contribution >= 0.6 is 23.2 Å². The molecule has 2 aliphatic heterocycles. The van der Waals surface area contributed by atoms with E-state index in [1.54, 1.807) is 13.0 Å². The van der Waals surface area contributed by atoms with Gasteiger partial charge < -0.3 is 14.2 Å². The van der Waals surface area contributed by atoms with Crippen molar-refractivity contribution in [2.75, 3.05) is 46.1 Å². The number of hydrogen-bond donors (Lipinski definition) is 1. The Morgan fingerprint density at radius 3 is 2.54 bits per heavy atom. The van der Waals surface area contributed by atoms with Gasteiger partial charge >= 0.3 is 5.97 Å². The van der Waals surface area contributed by atoms with E-state index in [0.29, 0.717) is 5.02 Å².